The molecule has 106 valence electrons. The highest BCUT2D eigenvalue weighted by Crippen LogP contribution is 2.31. The fourth-order valence-corrected chi connectivity index (χ4v) is 2.68. The summed E-state index contributed by atoms with van der Waals surface area (Å²) in [5.74, 6) is 0.483. The number of aryl methyl sites for hydroxylation is 1. The Balaban J connectivity index is 1.92. The lowest BCUT2D eigenvalue weighted by Crippen LogP contribution is -2.48. The molecule has 5 nitrogen and oxygen atoms in total. The number of aliphatic hydroxyl groups excluding tert-OH is 1. The molecule has 1 aromatic rings. The van der Waals surface area contributed by atoms with Gasteiger partial charge in [0.25, 0.3) is 0 Å². The van der Waals surface area contributed by atoms with Gasteiger partial charge in [0.05, 0.1) is 12.2 Å². The Hall–Kier alpha value is -2.01. The van der Waals surface area contributed by atoms with Gasteiger partial charge in [-0.15, -0.1) is 0 Å². The van der Waals surface area contributed by atoms with Crippen molar-refractivity contribution in [3.05, 3.63) is 40.7 Å². The summed E-state index contributed by atoms with van der Waals surface area (Å²) in [5.41, 5.74) is 8.71. The molecule has 1 heterocycles. The fourth-order valence-electron chi connectivity index (χ4n) is 2.68. The van der Waals surface area contributed by atoms with Crippen LogP contribution in [0.25, 0.3) is 0 Å². The van der Waals surface area contributed by atoms with E-state index in [4.69, 9.17) is 10.5 Å². The number of hydrogen-bond donors (Lipinski definition) is 2. The molecule has 1 unspecified atom stereocenters. The number of carbonyl (C=O) groups is 1. The largest absolute Gasteiger partial charge is 0.491 e. The number of ketones is 1. The zero-order valence-corrected chi connectivity index (χ0v) is 11.4. The second kappa shape index (κ2) is 4.83. The number of fused-ring (bicyclic) bond motifs is 1. The molecular formula is C15H18N2O3. The normalized spacial score (nSPS) is 22.0. The predicted molar refractivity (Wildman–Crippen MR) is 74.0 cm³/mol. The predicted octanol–water partition coefficient (Wildman–Crippen LogP) is 0.557. The standard InChI is InChI=1S/C15H18N2O3/c1-2-9-3-4-11-10(7-9)8-17(5-6-20-11)13-12(16)14(18)15(13)19/h3-4,7,15,19H,2,5-6,8,16H2,1H3. The van der Waals surface area contributed by atoms with Crippen molar-refractivity contribution in [2.24, 2.45) is 5.73 Å². The fraction of sp³-hybridized carbons (Fsp3) is 0.400. The lowest BCUT2D eigenvalue weighted by Gasteiger charge is -2.35. The maximum absolute atomic E-state index is 11.4. The lowest BCUT2D eigenvalue weighted by molar-refractivity contribution is -0.126. The van der Waals surface area contributed by atoms with Gasteiger partial charge < -0.3 is 20.5 Å². The number of benzene rings is 1. The van der Waals surface area contributed by atoms with E-state index in [9.17, 15) is 9.90 Å². The molecule has 0 saturated heterocycles. The van der Waals surface area contributed by atoms with Crippen LogP contribution < -0.4 is 10.5 Å². The van der Waals surface area contributed by atoms with Gasteiger partial charge in [-0.05, 0) is 18.1 Å². The molecule has 5 heteroatoms. The molecule has 3 rings (SSSR count). The van der Waals surface area contributed by atoms with E-state index in [1.165, 1.54) is 5.56 Å². The highest BCUT2D eigenvalue weighted by Gasteiger charge is 2.40. The molecule has 0 bridgehead atoms. The topological polar surface area (TPSA) is 75.8 Å². The second-order valence-corrected chi connectivity index (χ2v) is 5.13. The van der Waals surface area contributed by atoms with Crippen LogP contribution in [0.5, 0.6) is 5.75 Å². The maximum Gasteiger partial charge on any atom is 0.214 e. The summed E-state index contributed by atoms with van der Waals surface area (Å²) in [7, 11) is 0. The van der Waals surface area contributed by atoms with Crippen LogP contribution in [0, 0.1) is 0 Å². The number of nitrogens with two attached hydrogens (primary N) is 1. The number of Topliss-reactive ketones (excluding diaryl/α,β-unsaturated/α-hetero) is 1. The number of nitrogens with zero attached hydrogens (tertiary/aromatic N) is 1. The van der Waals surface area contributed by atoms with Crippen molar-refractivity contribution in [2.75, 3.05) is 13.2 Å². The molecule has 0 aromatic heterocycles. The van der Waals surface area contributed by atoms with Crippen molar-refractivity contribution in [3.8, 4) is 5.75 Å². The Bertz CT molecular complexity index is 595. The summed E-state index contributed by atoms with van der Waals surface area (Å²) in [6, 6.07) is 6.15. The number of ether oxygens (including phenoxy) is 1. The van der Waals surface area contributed by atoms with E-state index in [2.05, 4.69) is 19.1 Å². The third-order valence-corrected chi connectivity index (χ3v) is 3.90. The number of carbonyl (C=O) groups excluding carboxylic acids is 1. The highest BCUT2D eigenvalue weighted by atomic mass is 16.5. The van der Waals surface area contributed by atoms with Crippen LogP contribution in [-0.4, -0.2) is 35.0 Å². The Kier molecular flexibility index (Phi) is 3.14. The third kappa shape index (κ3) is 1.94. The summed E-state index contributed by atoms with van der Waals surface area (Å²) in [6.07, 6.45) is -0.120. The van der Waals surface area contributed by atoms with Gasteiger partial charge in [-0.25, -0.2) is 0 Å². The average molecular weight is 274 g/mol. The van der Waals surface area contributed by atoms with Gasteiger partial charge >= 0.3 is 0 Å². The van der Waals surface area contributed by atoms with Crippen molar-refractivity contribution in [3.63, 3.8) is 0 Å². The van der Waals surface area contributed by atoms with Crippen LogP contribution in [0.2, 0.25) is 0 Å². The van der Waals surface area contributed by atoms with Crippen LogP contribution in [0.1, 0.15) is 18.1 Å². The zero-order chi connectivity index (χ0) is 14.3. The summed E-state index contributed by atoms with van der Waals surface area (Å²) in [6.45, 7) is 3.82. The average Bonchev–Trinajstić information content (AvgIpc) is 2.68. The quantitative estimate of drug-likeness (QED) is 0.824. The summed E-state index contributed by atoms with van der Waals surface area (Å²) >= 11 is 0. The van der Waals surface area contributed by atoms with E-state index in [1.807, 2.05) is 11.0 Å². The number of rotatable bonds is 2. The first-order chi connectivity index (χ1) is 9.61. The van der Waals surface area contributed by atoms with E-state index in [0.29, 0.717) is 25.4 Å². The van der Waals surface area contributed by atoms with Crippen LogP contribution in [0.15, 0.2) is 29.6 Å². The van der Waals surface area contributed by atoms with E-state index in [-0.39, 0.29) is 11.5 Å². The molecule has 0 spiro atoms. The minimum atomic E-state index is -1.08. The molecule has 3 N–H and O–H groups in total. The Morgan fingerprint density at radius 3 is 3.00 bits per heavy atom. The Morgan fingerprint density at radius 2 is 2.30 bits per heavy atom. The highest BCUT2D eigenvalue weighted by molar-refractivity contribution is 6.07. The first-order valence-corrected chi connectivity index (χ1v) is 6.83. The Morgan fingerprint density at radius 1 is 1.50 bits per heavy atom. The van der Waals surface area contributed by atoms with Crippen LogP contribution >= 0.6 is 0 Å². The minimum Gasteiger partial charge on any atom is -0.491 e. The van der Waals surface area contributed by atoms with Crippen molar-refractivity contribution in [1.82, 2.24) is 4.90 Å². The number of aliphatic hydroxyl groups is 1. The van der Waals surface area contributed by atoms with E-state index in [0.717, 1.165) is 17.7 Å². The molecule has 0 fully saturated rings. The van der Waals surface area contributed by atoms with Crippen LogP contribution in [-0.2, 0) is 17.8 Å². The first kappa shape index (κ1) is 13.0. The van der Waals surface area contributed by atoms with E-state index in [1.54, 1.807) is 0 Å². The zero-order valence-electron chi connectivity index (χ0n) is 11.4. The van der Waals surface area contributed by atoms with Crippen molar-refractivity contribution in [1.29, 1.82) is 0 Å². The molecular weight excluding hydrogens is 256 g/mol. The van der Waals surface area contributed by atoms with Gasteiger partial charge in [-0.3, -0.25) is 4.79 Å². The molecule has 2 aliphatic rings. The van der Waals surface area contributed by atoms with E-state index < -0.39 is 6.10 Å². The molecule has 1 aliphatic carbocycles. The van der Waals surface area contributed by atoms with Gasteiger partial charge in [-0.2, -0.15) is 0 Å². The molecule has 1 aromatic carbocycles. The summed E-state index contributed by atoms with van der Waals surface area (Å²) < 4.78 is 5.72. The Labute approximate surface area is 117 Å². The molecule has 0 amide bonds. The van der Waals surface area contributed by atoms with Gasteiger partial charge in [0.1, 0.15) is 18.1 Å². The summed E-state index contributed by atoms with van der Waals surface area (Å²) in [5, 5.41) is 9.77. The van der Waals surface area contributed by atoms with Crippen LogP contribution in [0.3, 0.4) is 0 Å². The van der Waals surface area contributed by atoms with Gasteiger partial charge in [0, 0.05) is 12.1 Å². The van der Waals surface area contributed by atoms with Gasteiger partial charge in [0.15, 0.2) is 6.10 Å². The van der Waals surface area contributed by atoms with E-state index >= 15 is 0 Å². The van der Waals surface area contributed by atoms with Crippen LogP contribution in [0.4, 0.5) is 0 Å². The van der Waals surface area contributed by atoms with Gasteiger partial charge in [0.2, 0.25) is 5.78 Å². The summed E-state index contributed by atoms with van der Waals surface area (Å²) in [4.78, 5) is 13.3. The molecule has 1 aliphatic heterocycles. The lowest BCUT2D eigenvalue weighted by atomic mass is 9.94. The van der Waals surface area contributed by atoms with Crippen molar-refractivity contribution < 1.29 is 14.6 Å². The molecule has 1 atom stereocenters. The third-order valence-electron chi connectivity index (χ3n) is 3.90. The smallest absolute Gasteiger partial charge is 0.214 e. The maximum atomic E-state index is 11.4. The molecule has 0 radical (unpaired) electrons. The molecule has 0 saturated carbocycles. The van der Waals surface area contributed by atoms with Crippen molar-refractivity contribution >= 4 is 5.78 Å². The SMILES string of the molecule is CCc1ccc2c(c1)CN(C1=C(N)C(=O)C1O)CCO2. The monoisotopic (exact) mass is 274 g/mol. The van der Waals surface area contributed by atoms with Gasteiger partial charge in [-0.1, -0.05) is 19.1 Å². The second-order valence-electron chi connectivity index (χ2n) is 5.13. The first-order valence-electron chi connectivity index (χ1n) is 6.83. The minimum absolute atomic E-state index is 0.174. The molecule has 20 heavy (non-hydrogen) atoms. The number of hydrogen-bond acceptors (Lipinski definition) is 5. The van der Waals surface area contributed by atoms with Crippen molar-refractivity contribution in [2.45, 2.75) is 26.0 Å².